The minimum absolute atomic E-state index is 0.133. The van der Waals surface area contributed by atoms with Crippen LogP contribution in [0.25, 0.3) is 11.2 Å². The molecule has 1 aliphatic rings. The van der Waals surface area contributed by atoms with Gasteiger partial charge in [-0.2, -0.15) is 0 Å². The van der Waals surface area contributed by atoms with Gasteiger partial charge in [0.25, 0.3) is 5.56 Å². The van der Waals surface area contributed by atoms with Gasteiger partial charge in [-0.05, 0) is 6.92 Å². The van der Waals surface area contributed by atoms with Gasteiger partial charge < -0.3 is 14.8 Å². The van der Waals surface area contributed by atoms with E-state index in [1.165, 1.54) is 10.9 Å². The summed E-state index contributed by atoms with van der Waals surface area (Å²) < 4.78 is 23.0. The Balaban J connectivity index is 2.04. The molecule has 2 aromatic heterocycles. The molecule has 0 radical (unpaired) electrons. The molecule has 0 spiro atoms. The number of nitrogens with one attached hydrogen (secondary N) is 1. The summed E-state index contributed by atoms with van der Waals surface area (Å²) in [4.78, 5) is 31.5. The maximum Gasteiger partial charge on any atom is 0.695 e. The summed E-state index contributed by atoms with van der Waals surface area (Å²) in [6.45, 7) is 1.38. The summed E-state index contributed by atoms with van der Waals surface area (Å²) in [5, 5.41) is 9.22. The van der Waals surface area contributed by atoms with Crippen LogP contribution in [0.15, 0.2) is 11.1 Å². The molecule has 1 aliphatic heterocycles. The quantitative estimate of drug-likeness (QED) is 0.652. The van der Waals surface area contributed by atoms with Crippen molar-refractivity contribution in [1.29, 1.82) is 0 Å². The zero-order valence-electron chi connectivity index (χ0n) is 11.5. The number of imidazole rings is 1. The van der Waals surface area contributed by atoms with Crippen molar-refractivity contribution >= 4 is 19.4 Å². The molecule has 0 saturated carbocycles. The highest BCUT2D eigenvalue weighted by Gasteiger charge is 2.43. The highest BCUT2D eigenvalue weighted by Crippen LogP contribution is 2.37. The Kier molecular flexibility index (Phi) is 4.02. The summed E-state index contributed by atoms with van der Waals surface area (Å²) in [5.41, 5.74) is 0.0315. The topological polar surface area (TPSA) is 140 Å². The number of fused-ring (bicyclic) bond motifs is 1. The molecule has 0 bridgehead atoms. The molecule has 1 fully saturated rings. The van der Waals surface area contributed by atoms with Crippen LogP contribution in [0.1, 0.15) is 18.5 Å². The maximum atomic E-state index is 11.8. The predicted octanol–water partition coefficient (Wildman–Crippen LogP) is -0.257. The van der Waals surface area contributed by atoms with Crippen molar-refractivity contribution in [3.63, 3.8) is 0 Å². The molecule has 10 nitrogen and oxygen atoms in total. The molecule has 0 aromatic carbocycles. The standard InChI is InChI=1S/C11H13N4O6P/c1-5-13-9-8(10(17)14-5)12-4-15(9)11-7(21-22(18)19)2-6(3-16)20-11/h4,6-7,11,16H,2-3H2,1H3,(H-,13,14,17,18,19)/p+1/t6-,7?,11+/m0/s1. The minimum Gasteiger partial charge on any atom is -0.394 e. The van der Waals surface area contributed by atoms with Crippen LogP contribution in [-0.2, 0) is 13.8 Å². The number of ether oxygens (including phenoxy) is 1. The van der Waals surface area contributed by atoms with Crippen molar-refractivity contribution in [2.75, 3.05) is 6.61 Å². The van der Waals surface area contributed by atoms with Gasteiger partial charge in [-0.1, -0.05) is 0 Å². The van der Waals surface area contributed by atoms with E-state index in [2.05, 4.69) is 15.0 Å². The van der Waals surface area contributed by atoms with E-state index in [1.54, 1.807) is 6.92 Å². The summed E-state index contributed by atoms with van der Waals surface area (Å²) in [5.74, 6) is 0.404. The second-order valence-electron chi connectivity index (χ2n) is 4.92. The van der Waals surface area contributed by atoms with Gasteiger partial charge in [0.1, 0.15) is 5.82 Å². The lowest BCUT2D eigenvalue weighted by atomic mass is 10.2. The lowest BCUT2D eigenvalue weighted by molar-refractivity contribution is -0.0440. The third kappa shape index (κ3) is 2.67. The average Bonchev–Trinajstić information content (AvgIpc) is 3.01. The first-order valence-corrected chi connectivity index (χ1v) is 7.65. The molecule has 0 amide bonds. The Bertz CT molecular complexity index is 774. The SMILES string of the molecule is Cc1nc2c(ncn2[C@@H]2O[C@H](CO)CC2O[P+](=O)O)c(=O)[nH]1. The number of nitrogens with zero attached hydrogens (tertiary/aromatic N) is 3. The number of rotatable bonds is 4. The Morgan fingerprint density at radius 3 is 3.09 bits per heavy atom. The highest BCUT2D eigenvalue weighted by atomic mass is 31.1. The second kappa shape index (κ2) is 5.82. The Hall–Kier alpha value is -1.71. The predicted molar refractivity (Wildman–Crippen MR) is 73.2 cm³/mol. The summed E-state index contributed by atoms with van der Waals surface area (Å²) in [7, 11) is -2.83. The largest absolute Gasteiger partial charge is 0.695 e. The smallest absolute Gasteiger partial charge is 0.394 e. The second-order valence-corrected chi connectivity index (χ2v) is 5.61. The molecule has 11 heteroatoms. The van der Waals surface area contributed by atoms with E-state index in [4.69, 9.17) is 14.2 Å². The van der Waals surface area contributed by atoms with Crippen molar-refractivity contribution in [3.8, 4) is 0 Å². The number of aliphatic hydroxyl groups excluding tert-OH is 1. The van der Waals surface area contributed by atoms with Gasteiger partial charge in [-0.3, -0.25) is 9.36 Å². The fourth-order valence-electron chi connectivity index (χ4n) is 2.51. The highest BCUT2D eigenvalue weighted by molar-refractivity contribution is 7.32. The number of hydrogen-bond acceptors (Lipinski definition) is 7. The molecule has 0 aliphatic carbocycles. The first kappa shape index (κ1) is 15.2. The van der Waals surface area contributed by atoms with Gasteiger partial charge >= 0.3 is 8.25 Å². The van der Waals surface area contributed by atoms with E-state index in [0.717, 1.165) is 0 Å². The third-order valence-corrected chi connectivity index (χ3v) is 3.85. The average molecular weight is 329 g/mol. The number of aliphatic hydroxyl groups is 1. The van der Waals surface area contributed by atoms with Crippen molar-refractivity contribution in [2.45, 2.75) is 31.8 Å². The molecule has 118 valence electrons. The van der Waals surface area contributed by atoms with Crippen molar-refractivity contribution in [2.24, 2.45) is 0 Å². The fourth-order valence-corrected chi connectivity index (χ4v) is 2.93. The normalized spacial score (nSPS) is 25.8. The third-order valence-electron chi connectivity index (χ3n) is 3.40. The van der Waals surface area contributed by atoms with Crippen LogP contribution >= 0.6 is 8.25 Å². The number of aromatic nitrogens is 4. The molecular weight excluding hydrogens is 315 g/mol. The summed E-state index contributed by atoms with van der Waals surface area (Å²) in [6, 6.07) is 0. The molecule has 22 heavy (non-hydrogen) atoms. The van der Waals surface area contributed by atoms with Crippen LogP contribution in [0.3, 0.4) is 0 Å². The lowest BCUT2D eigenvalue weighted by Crippen LogP contribution is -2.21. The van der Waals surface area contributed by atoms with E-state index in [1.807, 2.05) is 0 Å². The van der Waals surface area contributed by atoms with E-state index >= 15 is 0 Å². The molecule has 3 N–H and O–H groups in total. The zero-order chi connectivity index (χ0) is 15.9. The van der Waals surface area contributed by atoms with Gasteiger partial charge in [-0.15, -0.1) is 9.42 Å². The number of aromatic amines is 1. The van der Waals surface area contributed by atoms with Crippen molar-refractivity contribution < 1.29 is 23.8 Å². The number of aryl methyl sites for hydroxylation is 1. The summed E-state index contributed by atoms with van der Waals surface area (Å²) in [6.07, 6.45) is -0.501. The lowest BCUT2D eigenvalue weighted by Gasteiger charge is -2.16. The molecule has 2 aromatic rings. The fraction of sp³-hybridized carbons (Fsp3) is 0.545. The van der Waals surface area contributed by atoms with Crippen molar-refractivity contribution in [1.82, 2.24) is 19.5 Å². The van der Waals surface area contributed by atoms with E-state index < -0.39 is 26.7 Å². The van der Waals surface area contributed by atoms with Gasteiger partial charge in [0.15, 0.2) is 23.5 Å². The van der Waals surface area contributed by atoms with Gasteiger partial charge in [-0.25, -0.2) is 9.97 Å². The van der Waals surface area contributed by atoms with Gasteiger partial charge in [0.05, 0.1) is 19.0 Å². The minimum atomic E-state index is -2.83. The molecule has 3 rings (SSSR count). The van der Waals surface area contributed by atoms with E-state index in [-0.39, 0.29) is 29.8 Å². The van der Waals surface area contributed by atoms with E-state index in [0.29, 0.717) is 5.82 Å². The Labute approximate surface area is 124 Å². The van der Waals surface area contributed by atoms with Gasteiger partial charge in [0.2, 0.25) is 0 Å². The van der Waals surface area contributed by atoms with Crippen LogP contribution in [0, 0.1) is 6.92 Å². The zero-order valence-corrected chi connectivity index (χ0v) is 12.4. The van der Waals surface area contributed by atoms with Crippen LogP contribution in [-0.4, -0.2) is 48.3 Å². The van der Waals surface area contributed by atoms with E-state index in [9.17, 15) is 14.5 Å². The van der Waals surface area contributed by atoms with Crippen LogP contribution < -0.4 is 5.56 Å². The Morgan fingerprint density at radius 1 is 1.64 bits per heavy atom. The molecule has 1 saturated heterocycles. The molecule has 4 atom stereocenters. The monoisotopic (exact) mass is 329 g/mol. The van der Waals surface area contributed by atoms with Crippen LogP contribution in [0.2, 0.25) is 0 Å². The Morgan fingerprint density at radius 2 is 2.41 bits per heavy atom. The first-order chi connectivity index (χ1) is 10.5. The first-order valence-electron chi connectivity index (χ1n) is 6.52. The number of hydrogen-bond donors (Lipinski definition) is 3. The van der Waals surface area contributed by atoms with Crippen molar-refractivity contribution in [3.05, 3.63) is 22.5 Å². The van der Waals surface area contributed by atoms with Crippen LogP contribution in [0.4, 0.5) is 0 Å². The number of H-pyrrole nitrogens is 1. The summed E-state index contributed by atoms with van der Waals surface area (Å²) >= 11 is 0. The van der Waals surface area contributed by atoms with Gasteiger partial charge in [0, 0.05) is 11.0 Å². The molecular formula is C11H14N4O6P+. The maximum absolute atomic E-state index is 11.8. The molecule has 3 heterocycles. The van der Waals surface area contributed by atoms with Crippen LogP contribution in [0.5, 0.6) is 0 Å². The molecule has 2 unspecified atom stereocenters.